The second-order valence-electron chi connectivity index (χ2n) is 7.41. The number of hydrogen-bond acceptors (Lipinski definition) is 3. The maximum absolute atomic E-state index is 6.05. The summed E-state index contributed by atoms with van der Waals surface area (Å²) in [5.41, 5.74) is 5.64. The molecule has 1 atom stereocenters. The molecule has 0 saturated heterocycles. The molecule has 1 aromatic heterocycles. The van der Waals surface area contributed by atoms with E-state index >= 15 is 0 Å². The zero-order valence-electron chi connectivity index (χ0n) is 16.9. The summed E-state index contributed by atoms with van der Waals surface area (Å²) in [5.74, 6) is 1.14. The van der Waals surface area contributed by atoms with Crippen LogP contribution in [-0.4, -0.2) is 11.2 Å². The first-order valence-corrected chi connectivity index (χ1v) is 10.8. The van der Waals surface area contributed by atoms with Gasteiger partial charge in [-0.25, -0.2) is 4.98 Å². The van der Waals surface area contributed by atoms with E-state index in [4.69, 9.17) is 32.6 Å². The molecule has 5 heteroatoms. The van der Waals surface area contributed by atoms with Crippen LogP contribution in [-0.2, 0) is 0 Å². The van der Waals surface area contributed by atoms with E-state index in [1.807, 2.05) is 36.4 Å². The van der Waals surface area contributed by atoms with Gasteiger partial charge in [0.15, 0.2) is 5.58 Å². The van der Waals surface area contributed by atoms with Gasteiger partial charge in [-0.15, -0.1) is 0 Å². The Labute approximate surface area is 186 Å². The highest BCUT2D eigenvalue weighted by atomic mass is 35.5. The lowest BCUT2D eigenvalue weighted by molar-refractivity contribution is 0.619. The van der Waals surface area contributed by atoms with Crippen LogP contribution in [0.25, 0.3) is 22.6 Å². The quantitative estimate of drug-likeness (QED) is 0.284. The van der Waals surface area contributed by atoms with Crippen LogP contribution in [0.3, 0.4) is 0 Å². The lowest BCUT2D eigenvalue weighted by Crippen LogP contribution is -1.92. The van der Waals surface area contributed by atoms with Gasteiger partial charge in [0.05, 0.1) is 15.7 Å². The summed E-state index contributed by atoms with van der Waals surface area (Å²) < 4.78 is 5.97. The Morgan fingerprint density at radius 3 is 2.53 bits per heavy atom. The van der Waals surface area contributed by atoms with Crippen LogP contribution >= 0.6 is 23.2 Å². The van der Waals surface area contributed by atoms with Gasteiger partial charge < -0.3 is 4.42 Å². The van der Waals surface area contributed by atoms with Crippen molar-refractivity contribution in [3.05, 3.63) is 81.8 Å². The fourth-order valence-corrected chi connectivity index (χ4v) is 3.71. The molecule has 1 unspecified atom stereocenters. The van der Waals surface area contributed by atoms with Crippen molar-refractivity contribution in [2.24, 2.45) is 4.99 Å². The van der Waals surface area contributed by atoms with Gasteiger partial charge in [-0.2, -0.15) is 0 Å². The Morgan fingerprint density at radius 1 is 1.00 bits per heavy atom. The third-order valence-corrected chi connectivity index (χ3v) is 5.86. The molecule has 3 aromatic carbocycles. The van der Waals surface area contributed by atoms with E-state index in [9.17, 15) is 0 Å². The van der Waals surface area contributed by atoms with E-state index < -0.39 is 0 Å². The topological polar surface area (TPSA) is 38.4 Å². The van der Waals surface area contributed by atoms with Crippen molar-refractivity contribution in [3.63, 3.8) is 0 Å². The van der Waals surface area contributed by atoms with Gasteiger partial charge in [0.2, 0.25) is 5.89 Å². The van der Waals surface area contributed by atoms with Crippen LogP contribution in [0.15, 0.2) is 70.1 Å². The second kappa shape index (κ2) is 9.03. The molecule has 0 aliphatic carbocycles. The number of halogens is 2. The third kappa shape index (κ3) is 4.58. The number of aromatic nitrogens is 1. The van der Waals surface area contributed by atoms with Gasteiger partial charge in [-0.1, -0.05) is 55.6 Å². The molecule has 1 heterocycles. The highest BCUT2D eigenvalue weighted by Crippen LogP contribution is 2.29. The van der Waals surface area contributed by atoms with Gasteiger partial charge in [-0.3, -0.25) is 4.99 Å². The fourth-order valence-electron chi connectivity index (χ4n) is 3.41. The number of fused-ring (bicyclic) bond motifs is 1. The Bertz CT molecular complexity index is 1200. The van der Waals surface area contributed by atoms with Crippen LogP contribution < -0.4 is 0 Å². The maximum Gasteiger partial charge on any atom is 0.227 e. The molecular formula is C25H22Cl2N2O. The van der Waals surface area contributed by atoms with Crippen molar-refractivity contribution in [2.75, 3.05) is 0 Å². The summed E-state index contributed by atoms with van der Waals surface area (Å²) in [6.45, 7) is 4.46. The van der Waals surface area contributed by atoms with Crippen molar-refractivity contribution in [1.82, 2.24) is 4.98 Å². The predicted molar refractivity (Wildman–Crippen MR) is 126 cm³/mol. The van der Waals surface area contributed by atoms with E-state index in [-0.39, 0.29) is 0 Å². The highest BCUT2D eigenvalue weighted by Gasteiger charge is 2.11. The Morgan fingerprint density at radius 2 is 1.80 bits per heavy atom. The van der Waals surface area contributed by atoms with Crippen molar-refractivity contribution in [1.29, 1.82) is 0 Å². The molecule has 4 rings (SSSR count). The van der Waals surface area contributed by atoms with E-state index in [0.717, 1.165) is 27.9 Å². The number of hydrogen-bond donors (Lipinski definition) is 0. The molecule has 0 bridgehead atoms. The summed E-state index contributed by atoms with van der Waals surface area (Å²) in [7, 11) is 0. The Kier molecular flexibility index (Phi) is 6.21. The predicted octanol–water partition coefficient (Wildman–Crippen LogP) is 8.46. The fraction of sp³-hybridized carbons (Fsp3) is 0.200. The van der Waals surface area contributed by atoms with Gasteiger partial charge in [0.1, 0.15) is 5.52 Å². The van der Waals surface area contributed by atoms with Crippen molar-refractivity contribution in [3.8, 4) is 11.5 Å². The molecule has 0 aliphatic rings. The molecule has 0 aliphatic heterocycles. The number of aliphatic imine (C=N–C) groups is 1. The first-order valence-electron chi connectivity index (χ1n) is 10.0. The summed E-state index contributed by atoms with van der Waals surface area (Å²) in [6.07, 6.45) is 4.10. The minimum atomic E-state index is 0.513. The lowest BCUT2D eigenvalue weighted by atomic mass is 9.96. The third-order valence-electron chi connectivity index (χ3n) is 5.12. The van der Waals surface area contributed by atoms with Gasteiger partial charge in [0.25, 0.3) is 0 Å². The average molecular weight is 437 g/mol. The van der Waals surface area contributed by atoms with Crippen LogP contribution in [0.2, 0.25) is 10.0 Å². The number of nitrogens with zero attached hydrogens (tertiary/aromatic N) is 2. The maximum atomic E-state index is 6.05. The number of oxazole rings is 1. The molecule has 0 fully saturated rings. The van der Waals surface area contributed by atoms with E-state index in [1.165, 1.54) is 18.4 Å². The lowest BCUT2D eigenvalue weighted by Gasteiger charge is -2.09. The summed E-state index contributed by atoms with van der Waals surface area (Å²) in [4.78, 5) is 9.19. The molecule has 0 radical (unpaired) electrons. The standard InChI is InChI=1S/C25H22Cl2N2O/c1-3-4-16(2)19-8-12-24-23(14-19)29-25(30-24)18-6-9-20(10-7-18)28-15-17-5-11-21(26)22(27)13-17/h5-16H,3-4H2,1-2H3. The minimum Gasteiger partial charge on any atom is -0.436 e. The van der Waals surface area contributed by atoms with Crippen LogP contribution in [0.5, 0.6) is 0 Å². The molecule has 152 valence electrons. The molecule has 0 saturated carbocycles. The SMILES string of the molecule is CCCC(C)c1ccc2oc(-c3ccc(N=Cc4ccc(Cl)c(Cl)c4)cc3)nc2c1. The van der Waals surface area contributed by atoms with E-state index in [0.29, 0.717) is 21.9 Å². The summed E-state index contributed by atoms with van der Waals surface area (Å²) >= 11 is 12.0. The van der Waals surface area contributed by atoms with Gasteiger partial charge >= 0.3 is 0 Å². The smallest absolute Gasteiger partial charge is 0.227 e. The summed E-state index contributed by atoms with van der Waals surface area (Å²) in [5, 5.41) is 1.04. The zero-order chi connectivity index (χ0) is 21.1. The second-order valence-corrected chi connectivity index (χ2v) is 8.23. The molecule has 3 nitrogen and oxygen atoms in total. The summed E-state index contributed by atoms with van der Waals surface area (Å²) in [6, 6.07) is 19.5. The van der Waals surface area contributed by atoms with Crippen LogP contribution in [0.1, 0.15) is 43.7 Å². The van der Waals surface area contributed by atoms with Crippen molar-refractivity contribution in [2.45, 2.75) is 32.6 Å². The highest BCUT2D eigenvalue weighted by molar-refractivity contribution is 6.42. The molecule has 0 N–H and O–H groups in total. The van der Waals surface area contributed by atoms with Crippen LogP contribution in [0.4, 0.5) is 5.69 Å². The normalized spacial score (nSPS) is 12.7. The zero-order valence-corrected chi connectivity index (χ0v) is 18.4. The number of rotatable bonds is 6. The van der Waals surface area contributed by atoms with E-state index in [2.05, 4.69) is 31.0 Å². The molecule has 4 aromatic rings. The monoisotopic (exact) mass is 436 g/mol. The first-order chi connectivity index (χ1) is 14.5. The van der Waals surface area contributed by atoms with Gasteiger partial charge in [0, 0.05) is 11.8 Å². The average Bonchev–Trinajstić information content (AvgIpc) is 3.18. The van der Waals surface area contributed by atoms with Crippen molar-refractivity contribution >= 4 is 46.2 Å². The largest absolute Gasteiger partial charge is 0.436 e. The van der Waals surface area contributed by atoms with E-state index in [1.54, 1.807) is 18.3 Å². The number of benzene rings is 3. The Hall–Kier alpha value is -2.62. The van der Waals surface area contributed by atoms with Crippen LogP contribution in [0, 0.1) is 0 Å². The first kappa shape index (κ1) is 20.6. The Balaban J connectivity index is 1.53. The minimum absolute atomic E-state index is 0.513. The molecule has 30 heavy (non-hydrogen) atoms. The van der Waals surface area contributed by atoms with Gasteiger partial charge in [-0.05, 0) is 72.0 Å². The molecular weight excluding hydrogens is 415 g/mol. The molecule has 0 spiro atoms. The van der Waals surface area contributed by atoms with Crippen molar-refractivity contribution < 1.29 is 4.42 Å². The molecule has 0 amide bonds.